The molecule has 0 bridgehead atoms. The number of aromatic nitrogens is 1. The van der Waals surface area contributed by atoms with Crippen molar-refractivity contribution >= 4 is 40.4 Å². The molecule has 1 amide bonds. The van der Waals surface area contributed by atoms with Gasteiger partial charge in [-0.2, -0.15) is 0 Å². The van der Waals surface area contributed by atoms with Crippen molar-refractivity contribution < 1.29 is 19.6 Å². The lowest BCUT2D eigenvalue weighted by atomic mass is 9.95. The number of pyridine rings is 1. The minimum atomic E-state index is -1.08. The van der Waals surface area contributed by atoms with Gasteiger partial charge in [0.25, 0.3) is 17.4 Å². The predicted octanol–water partition coefficient (Wildman–Crippen LogP) is 4.27. The maximum absolute atomic E-state index is 13.0. The fourth-order valence-corrected chi connectivity index (χ4v) is 3.61. The second-order valence-electron chi connectivity index (χ2n) is 6.74. The number of hydrogen-bond donors (Lipinski definition) is 1. The molecule has 8 nitrogen and oxygen atoms in total. The number of ketones is 1. The molecule has 0 spiro atoms. The van der Waals surface area contributed by atoms with Crippen LogP contribution in [0.4, 0.5) is 11.4 Å². The Morgan fingerprint density at radius 3 is 2.48 bits per heavy atom. The average molecular weight is 436 g/mol. The SMILES string of the molecule is O=C1C(=O)N(c2cccnc2)C(c2cccc([N+](=O)[O-])c2)/C1=C(\O)c1ccc(Cl)cc1. The van der Waals surface area contributed by atoms with Gasteiger partial charge in [-0.1, -0.05) is 23.7 Å². The minimum Gasteiger partial charge on any atom is -0.507 e. The molecule has 31 heavy (non-hydrogen) atoms. The summed E-state index contributed by atoms with van der Waals surface area (Å²) in [6.45, 7) is 0. The van der Waals surface area contributed by atoms with Crippen molar-refractivity contribution in [2.24, 2.45) is 0 Å². The molecule has 154 valence electrons. The first-order valence-electron chi connectivity index (χ1n) is 9.10. The zero-order valence-corrected chi connectivity index (χ0v) is 16.6. The van der Waals surface area contributed by atoms with E-state index in [4.69, 9.17) is 11.6 Å². The topological polar surface area (TPSA) is 114 Å². The Labute approximate surface area is 181 Å². The third-order valence-corrected chi connectivity index (χ3v) is 5.13. The van der Waals surface area contributed by atoms with Crippen LogP contribution in [0.25, 0.3) is 5.76 Å². The van der Waals surface area contributed by atoms with E-state index in [0.717, 1.165) is 0 Å². The Morgan fingerprint density at radius 1 is 1.10 bits per heavy atom. The van der Waals surface area contributed by atoms with E-state index in [1.54, 1.807) is 18.2 Å². The number of non-ortho nitro benzene ring substituents is 1. The maximum atomic E-state index is 13.0. The molecule has 0 aliphatic carbocycles. The van der Waals surface area contributed by atoms with Gasteiger partial charge in [-0.3, -0.25) is 29.6 Å². The molecule has 2 heterocycles. The van der Waals surface area contributed by atoms with Crippen molar-refractivity contribution in [3.63, 3.8) is 0 Å². The first kappa shape index (κ1) is 20.2. The summed E-state index contributed by atoms with van der Waals surface area (Å²) in [5, 5.41) is 22.7. The Morgan fingerprint density at radius 2 is 1.84 bits per heavy atom. The van der Waals surface area contributed by atoms with Crippen LogP contribution in [0.2, 0.25) is 5.02 Å². The summed E-state index contributed by atoms with van der Waals surface area (Å²) in [6, 6.07) is 13.8. The summed E-state index contributed by atoms with van der Waals surface area (Å²) >= 11 is 5.90. The van der Waals surface area contributed by atoms with Crippen molar-refractivity contribution in [3.05, 3.63) is 105 Å². The highest BCUT2D eigenvalue weighted by Gasteiger charge is 2.47. The summed E-state index contributed by atoms with van der Waals surface area (Å²) in [4.78, 5) is 41.8. The third kappa shape index (κ3) is 3.64. The molecule has 1 fully saturated rings. The fourth-order valence-electron chi connectivity index (χ4n) is 3.48. The first-order chi connectivity index (χ1) is 14.9. The number of aliphatic hydroxyl groups excluding tert-OH is 1. The van der Waals surface area contributed by atoms with Gasteiger partial charge in [-0.15, -0.1) is 0 Å². The monoisotopic (exact) mass is 435 g/mol. The zero-order chi connectivity index (χ0) is 22.1. The van der Waals surface area contributed by atoms with E-state index in [1.165, 1.54) is 59.8 Å². The van der Waals surface area contributed by atoms with Gasteiger partial charge in [0.2, 0.25) is 0 Å². The Bertz CT molecular complexity index is 1230. The molecule has 1 aromatic heterocycles. The van der Waals surface area contributed by atoms with Crippen molar-refractivity contribution in [3.8, 4) is 0 Å². The van der Waals surface area contributed by atoms with Crippen molar-refractivity contribution in [1.82, 2.24) is 4.98 Å². The highest BCUT2D eigenvalue weighted by atomic mass is 35.5. The lowest BCUT2D eigenvalue weighted by molar-refractivity contribution is -0.384. The number of rotatable bonds is 4. The summed E-state index contributed by atoms with van der Waals surface area (Å²) < 4.78 is 0. The normalized spacial score (nSPS) is 17.7. The number of nitro benzene ring substituents is 1. The molecule has 0 saturated carbocycles. The second-order valence-corrected chi connectivity index (χ2v) is 7.18. The molecule has 1 aliphatic rings. The van der Waals surface area contributed by atoms with Crippen molar-refractivity contribution in [2.75, 3.05) is 4.90 Å². The molecule has 0 radical (unpaired) electrons. The molecule has 1 atom stereocenters. The molecule has 1 saturated heterocycles. The molecule has 2 aromatic carbocycles. The number of carbonyl (C=O) groups is 2. The molecule has 1 unspecified atom stereocenters. The van der Waals surface area contributed by atoms with Crippen LogP contribution >= 0.6 is 11.6 Å². The average Bonchev–Trinajstić information content (AvgIpc) is 3.05. The zero-order valence-electron chi connectivity index (χ0n) is 15.8. The molecule has 4 rings (SSSR count). The number of carbonyl (C=O) groups excluding carboxylic acids is 2. The summed E-state index contributed by atoms with van der Waals surface area (Å²) in [7, 11) is 0. The van der Waals surface area contributed by atoms with Crippen molar-refractivity contribution in [1.29, 1.82) is 0 Å². The van der Waals surface area contributed by atoms with E-state index in [9.17, 15) is 24.8 Å². The van der Waals surface area contributed by atoms with Crippen LogP contribution in [0, 0.1) is 10.1 Å². The van der Waals surface area contributed by atoms with Crippen molar-refractivity contribution in [2.45, 2.75) is 6.04 Å². The smallest absolute Gasteiger partial charge is 0.300 e. The van der Waals surface area contributed by atoms with Crippen LogP contribution in [0.1, 0.15) is 17.2 Å². The lowest BCUT2D eigenvalue weighted by Crippen LogP contribution is -2.29. The fraction of sp³-hybridized carbons (Fsp3) is 0.0455. The van der Waals surface area contributed by atoms with E-state index in [0.29, 0.717) is 16.3 Å². The molecule has 1 aliphatic heterocycles. The summed E-state index contributed by atoms with van der Waals surface area (Å²) in [6.07, 6.45) is 2.91. The van der Waals surface area contributed by atoms with Crippen LogP contribution in [0.5, 0.6) is 0 Å². The number of Topliss-reactive ketones (excluding diaryl/α,β-unsaturated/α-hetero) is 1. The highest BCUT2D eigenvalue weighted by Crippen LogP contribution is 2.42. The van der Waals surface area contributed by atoms with Crippen LogP contribution in [-0.4, -0.2) is 26.7 Å². The van der Waals surface area contributed by atoms with Gasteiger partial charge < -0.3 is 5.11 Å². The molecule has 1 N–H and O–H groups in total. The Hall–Kier alpha value is -4.04. The quantitative estimate of drug-likeness (QED) is 0.215. The van der Waals surface area contributed by atoms with Gasteiger partial charge in [0.1, 0.15) is 5.76 Å². The van der Waals surface area contributed by atoms with Gasteiger partial charge in [0.15, 0.2) is 0 Å². The number of benzene rings is 2. The standard InChI is InChI=1S/C22H14ClN3O5/c23-15-8-6-13(7-9-15)20(27)18-19(14-3-1-4-16(11-14)26(30)31)25(22(29)21(18)28)17-5-2-10-24-12-17/h1-12,19,27H/b20-18+. The van der Waals surface area contributed by atoms with Gasteiger partial charge >= 0.3 is 0 Å². The van der Waals surface area contributed by atoms with Gasteiger partial charge in [0.05, 0.1) is 28.4 Å². The number of amides is 1. The highest BCUT2D eigenvalue weighted by molar-refractivity contribution is 6.51. The maximum Gasteiger partial charge on any atom is 0.300 e. The van der Waals surface area contributed by atoms with Gasteiger partial charge in [0, 0.05) is 28.9 Å². The first-order valence-corrected chi connectivity index (χ1v) is 9.47. The number of nitrogens with zero attached hydrogens (tertiary/aromatic N) is 3. The van der Waals surface area contributed by atoms with Gasteiger partial charge in [-0.05, 0) is 42.0 Å². The van der Waals surface area contributed by atoms with Crippen LogP contribution in [0.15, 0.2) is 78.6 Å². The lowest BCUT2D eigenvalue weighted by Gasteiger charge is -2.25. The van der Waals surface area contributed by atoms with E-state index in [2.05, 4.69) is 4.98 Å². The largest absolute Gasteiger partial charge is 0.507 e. The van der Waals surface area contributed by atoms with Crippen LogP contribution < -0.4 is 4.90 Å². The summed E-state index contributed by atoms with van der Waals surface area (Å²) in [5.41, 5.74) is 0.505. The third-order valence-electron chi connectivity index (χ3n) is 4.88. The van der Waals surface area contributed by atoms with E-state index in [1.807, 2.05) is 0 Å². The number of halogens is 1. The molecular weight excluding hydrogens is 422 g/mol. The predicted molar refractivity (Wildman–Crippen MR) is 114 cm³/mol. The van der Waals surface area contributed by atoms with Crippen LogP contribution in [-0.2, 0) is 9.59 Å². The Balaban J connectivity index is 1.96. The van der Waals surface area contributed by atoms with E-state index in [-0.39, 0.29) is 16.8 Å². The number of hydrogen-bond acceptors (Lipinski definition) is 6. The minimum absolute atomic E-state index is 0.184. The molecule has 3 aromatic rings. The number of aliphatic hydroxyl groups is 1. The Kier molecular flexibility index (Phi) is 5.22. The van der Waals surface area contributed by atoms with Crippen LogP contribution in [0.3, 0.4) is 0 Å². The number of anilines is 1. The van der Waals surface area contributed by atoms with Gasteiger partial charge in [-0.25, -0.2) is 0 Å². The van der Waals surface area contributed by atoms with E-state index >= 15 is 0 Å². The van der Waals surface area contributed by atoms with E-state index < -0.39 is 28.4 Å². The molecular formula is C22H14ClN3O5. The number of nitro groups is 1. The second kappa shape index (κ2) is 8.00. The molecule has 9 heteroatoms. The summed E-state index contributed by atoms with van der Waals surface area (Å²) in [5.74, 6) is -2.19.